The number of nitrogens with one attached hydrogen (secondary N) is 2. The van der Waals surface area contributed by atoms with Crippen molar-refractivity contribution in [1.82, 2.24) is 20.5 Å². The van der Waals surface area contributed by atoms with Gasteiger partial charge in [0.15, 0.2) is 9.84 Å². The Morgan fingerprint density at radius 2 is 2.10 bits per heavy atom. The fourth-order valence-electron chi connectivity index (χ4n) is 1.84. The van der Waals surface area contributed by atoms with Gasteiger partial charge in [0.05, 0.1) is 10.9 Å². The molecule has 2 aromatic rings. The monoisotopic (exact) mass is 308 g/mol. The van der Waals surface area contributed by atoms with Crippen molar-refractivity contribution in [1.29, 1.82) is 0 Å². The first kappa shape index (κ1) is 15.2. The zero-order valence-electron chi connectivity index (χ0n) is 11.9. The number of nitrogens with zero attached hydrogens (tertiary/aromatic N) is 2. The number of hydrogen-bond donors (Lipinski definition) is 2. The molecule has 0 aliphatic heterocycles. The van der Waals surface area contributed by atoms with Crippen LogP contribution in [0.2, 0.25) is 0 Å². The third-order valence-corrected chi connectivity index (χ3v) is 4.18. The zero-order chi connectivity index (χ0) is 15.6. The summed E-state index contributed by atoms with van der Waals surface area (Å²) in [6, 6.07) is 4.13. The van der Waals surface area contributed by atoms with Crippen LogP contribution in [0.5, 0.6) is 0 Å². The first-order valence-corrected chi connectivity index (χ1v) is 8.15. The Morgan fingerprint density at radius 1 is 1.38 bits per heavy atom. The molecule has 2 rings (SSSR count). The van der Waals surface area contributed by atoms with Crippen molar-refractivity contribution in [3.8, 4) is 0 Å². The van der Waals surface area contributed by atoms with Crippen molar-refractivity contribution in [2.45, 2.75) is 24.8 Å². The van der Waals surface area contributed by atoms with Crippen LogP contribution in [0.25, 0.3) is 0 Å². The van der Waals surface area contributed by atoms with Gasteiger partial charge in [-0.15, -0.1) is 0 Å². The maximum Gasteiger partial charge on any atom is 0.252 e. The topological polar surface area (TPSA) is 105 Å². The lowest BCUT2D eigenvalue weighted by Crippen LogP contribution is -2.28. The van der Waals surface area contributed by atoms with Gasteiger partial charge >= 0.3 is 0 Å². The fraction of sp³-hybridized carbons (Fsp3) is 0.308. The molecular formula is C13H16N4O3S. The highest BCUT2D eigenvalue weighted by molar-refractivity contribution is 7.90. The number of aromatic nitrogens is 3. The lowest BCUT2D eigenvalue weighted by molar-refractivity contribution is 0.0937. The van der Waals surface area contributed by atoms with Gasteiger partial charge < -0.3 is 5.32 Å². The minimum atomic E-state index is -3.36. The second-order valence-corrected chi connectivity index (χ2v) is 6.83. The number of sulfone groups is 1. The summed E-state index contributed by atoms with van der Waals surface area (Å²) in [5, 5.41) is 9.14. The molecule has 21 heavy (non-hydrogen) atoms. The Morgan fingerprint density at radius 3 is 2.67 bits per heavy atom. The second kappa shape index (κ2) is 5.65. The van der Waals surface area contributed by atoms with E-state index in [1.54, 1.807) is 19.9 Å². The van der Waals surface area contributed by atoms with Crippen molar-refractivity contribution >= 4 is 15.7 Å². The van der Waals surface area contributed by atoms with Crippen LogP contribution in [0.1, 0.15) is 34.7 Å². The maximum atomic E-state index is 12.3. The van der Waals surface area contributed by atoms with Crippen LogP contribution in [0.3, 0.4) is 0 Å². The molecule has 2 N–H and O–H groups in total. The molecule has 0 aliphatic rings. The van der Waals surface area contributed by atoms with E-state index in [2.05, 4.69) is 20.5 Å². The van der Waals surface area contributed by atoms with E-state index in [4.69, 9.17) is 0 Å². The Kier molecular flexibility index (Phi) is 4.08. The first-order valence-electron chi connectivity index (χ1n) is 6.26. The Hall–Kier alpha value is -2.22. The van der Waals surface area contributed by atoms with Crippen LogP contribution in [0, 0.1) is 6.92 Å². The molecule has 0 spiro atoms. The zero-order valence-corrected chi connectivity index (χ0v) is 12.7. The number of hydrogen-bond acceptors (Lipinski definition) is 5. The maximum absolute atomic E-state index is 12.3. The molecule has 1 heterocycles. The number of amides is 1. The number of carbonyl (C=O) groups is 1. The van der Waals surface area contributed by atoms with Gasteiger partial charge in [0.1, 0.15) is 12.2 Å². The molecule has 0 aliphatic carbocycles. The molecule has 1 unspecified atom stereocenters. The Balaban J connectivity index is 2.27. The molecule has 0 saturated heterocycles. The van der Waals surface area contributed by atoms with E-state index in [9.17, 15) is 13.2 Å². The average molecular weight is 308 g/mol. The van der Waals surface area contributed by atoms with Crippen LogP contribution in [0.4, 0.5) is 0 Å². The van der Waals surface area contributed by atoms with Crippen molar-refractivity contribution in [3.05, 3.63) is 41.5 Å². The van der Waals surface area contributed by atoms with Crippen molar-refractivity contribution in [2.24, 2.45) is 0 Å². The molecule has 0 fully saturated rings. The summed E-state index contributed by atoms with van der Waals surface area (Å²) in [4.78, 5) is 16.4. The van der Waals surface area contributed by atoms with Gasteiger partial charge in [-0.3, -0.25) is 9.89 Å². The summed E-state index contributed by atoms with van der Waals surface area (Å²) in [5.74, 6) is 0.169. The largest absolute Gasteiger partial charge is 0.342 e. The summed E-state index contributed by atoms with van der Waals surface area (Å²) in [5.41, 5.74) is 1.02. The summed E-state index contributed by atoms with van der Waals surface area (Å²) in [6.07, 6.45) is 2.46. The molecule has 1 atom stereocenters. The van der Waals surface area contributed by atoms with Crippen LogP contribution in [-0.4, -0.2) is 35.8 Å². The molecule has 0 radical (unpaired) electrons. The molecule has 0 saturated carbocycles. The summed E-state index contributed by atoms with van der Waals surface area (Å²) in [6.45, 7) is 3.51. The smallest absolute Gasteiger partial charge is 0.252 e. The Labute approximate surface area is 122 Å². The van der Waals surface area contributed by atoms with Crippen molar-refractivity contribution < 1.29 is 13.2 Å². The van der Waals surface area contributed by atoms with Gasteiger partial charge in [0.2, 0.25) is 0 Å². The molecular weight excluding hydrogens is 292 g/mol. The van der Waals surface area contributed by atoms with E-state index in [1.807, 2.05) is 0 Å². The summed E-state index contributed by atoms with van der Waals surface area (Å²) in [7, 11) is -3.36. The highest BCUT2D eigenvalue weighted by Gasteiger charge is 2.17. The predicted molar refractivity (Wildman–Crippen MR) is 76.6 cm³/mol. The van der Waals surface area contributed by atoms with Crippen molar-refractivity contribution in [3.63, 3.8) is 0 Å². The normalized spacial score (nSPS) is 12.9. The van der Waals surface area contributed by atoms with E-state index in [0.29, 0.717) is 17.0 Å². The van der Waals surface area contributed by atoms with Gasteiger partial charge in [-0.25, -0.2) is 13.4 Å². The standard InChI is InChI=1S/C13H16N4O3S/c1-8-4-5-10(21(3,19)20)6-11(8)13(18)16-9(2)12-14-7-15-17-12/h4-7,9H,1-3H3,(H,16,18)(H,14,15,17). The summed E-state index contributed by atoms with van der Waals surface area (Å²) >= 11 is 0. The van der Waals surface area contributed by atoms with Crippen LogP contribution >= 0.6 is 0 Å². The van der Waals surface area contributed by atoms with Gasteiger partial charge in [-0.2, -0.15) is 5.10 Å². The van der Waals surface area contributed by atoms with Crippen LogP contribution in [-0.2, 0) is 9.84 Å². The number of aromatic amines is 1. The Bertz CT molecular complexity index is 754. The number of aryl methyl sites for hydroxylation is 1. The van der Waals surface area contributed by atoms with Crippen LogP contribution < -0.4 is 5.32 Å². The van der Waals surface area contributed by atoms with Gasteiger partial charge in [-0.05, 0) is 31.5 Å². The highest BCUT2D eigenvalue weighted by atomic mass is 32.2. The SMILES string of the molecule is Cc1ccc(S(C)(=O)=O)cc1C(=O)NC(C)c1ncn[nH]1. The summed E-state index contributed by atoms with van der Waals surface area (Å²) < 4.78 is 23.1. The molecule has 1 aromatic heterocycles. The third-order valence-electron chi connectivity index (χ3n) is 3.07. The van der Waals surface area contributed by atoms with Crippen LogP contribution in [0.15, 0.2) is 29.4 Å². The number of benzene rings is 1. The highest BCUT2D eigenvalue weighted by Crippen LogP contribution is 2.16. The minimum absolute atomic E-state index is 0.116. The number of carbonyl (C=O) groups excluding carboxylic acids is 1. The molecule has 0 bridgehead atoms. The molecule has 8 heteroatoms. The van der Waals surface area contributed by atoms with Gasteiger partial charge in [-0.1, -0.05) is 6.07 Å². The number of rotatable bonds is 4. The quantitative estimate of drug-likeness (QED) is 0.877. The lowest BCUT2D eigenvalue weighted by Gasteiger charge is -2.13. The third kappa shape index (κ3) is 3.46. The van der Waals surface area contributed by atoms with E-state index in [1.165, 1.54) is 18.5 Å². The molecule has 112 valence electrons. The van der Waals surface area contributed by atoms with E-state index >= 15 is 0 Å². The van der Waals surface area contributed by atoms with Crippen molar-refractivity contribution in [2.75, 3.05) is 6.26 Å². The minimum Gasteiger partial charge on any atom is -0.342 e. The van der Waals surface area contributed by atoms with E-state index in [0.717, 1.165) is 6.26 Å². The molecule has 7 nitrogen and oxygen atoms in total. The first-order chi connectivity index (χ1) is 9.79. The number of H-pyrrole nitrogens is 1. The average Bonchev–Trinajstić information content (AvgIpc) is 2.91. The van der Waals surface area contributed by atoms with E-state index < -0.39 is 9.84 Å². The van der Waals surface area contributed by atoms with Gasteiger partial charge in [0.25, 0.3) is 5.91 Å². The predicted octanol–water partition coefficient (Wildman–Crippen LogP) is 1.01. The van der Waals surface area contributed by atoms with Gasteiger partial charge in [0, 0.05) is 11.8 Å². The van der Waals surface area contributed by atoms with E-state index in [-0.39, 0.29) is 16.8 Å². The molecule has 1 aromatic carbocycles. The molecule has 1 amide bonds. The second-order valence-electron chi connectivity index (χ2n) is 4.81. The lowest BCUT2D eigenvalue weighted by atomic mass is 10.1. The fourth-order valence-corrected chi connectivity index (χ4v) is 2.49.